The highest BCUT2D eigenvalue weighted by Crippen LogP contribution is 1.93. The third kappa shape index (κ3) is 7.22. The Bertz CT molecular complexity index is 140. The van der Waals surface area contributed by atoms with Crippen LogP contribution in [0.5, 0.6) is 0 Å². The summed E-state index contributed by atoms with van der Waals surface area (Å²) in [5.74, 6) is 0.133. The molecule has 1 atom stereocenters. The minimum absolute atomic E-state index is 0.133. The molecule has 0 fully saturated rings. The molecule has 3 heteroatoms. The molecule has 0 bridgehead atoms. The van der Waals surface area contributed by atoms with E-state index in [1.807, 2.05) is 0 Å². The fourth-order valence-corrected chi connectivity index (χ4v) is 0.601. The molecular weight excluding hydrogens is 144 g/mol. The Morgan fingerprint density at radius 2 is 2.27 bits per heavy atom. The number of hydrogen-bond acceptors (Lipinski definition) is 3. The average molecular weight is 158 g/mol. The van der Waals surface area contributed by atoms with E-state index in [0.717, 1.165) is 0 Å². The normalized spacial score (nSPS) is 13.7. The quantitative estimate of drug-likeness (QED) is 0.564. The maximum absolute atomic E-state index is 10.4. The first-order chi connectivity index (χ1) is 5.16. The number of aliphatic hydroxyl groups excluding tert-OH is 2. The number of hydrogen-bond donors (Lipinski definition) is 2. The van der Waals surface area contributed by atoms with Gasteiger partial charge in [0.15, 0.2) is 0 Å². The lowest BCUT2D eigenvalue weighted by molar-refractivity contribution is -0.116. The van der Waals surface area contributed by atoms with Crippen molar-refractivity contribution in [3.8, 4) is 0 Å². The van der Waals surface area contributed by atoms with E-state index in [2.05, 4.69) is 0 Å². The predicted molar refractivity (Wildman–Crippen MR) is 42.1 cm³/mol. The summed E-state index contributed by atoms with van der Waals surface area (Å²) in [7, 11) is 0. The maximum Gasteiger partial charge on any atom is 0.130 e. The molecule has 0 aromatic carbocycles. The Morgan fingerprint density at radius 3 is 2.73 bits per heavy atom. The minimum atomic E-state index is -0.790. The van der Waals surface area contributed by atoms with Gasteiger partial charge >= 0.3 is 0 Å². The molecule has 0 saturated heterocycles. The lowest BCUT2D eigenvalue weighted by atomic mass is 10.2. The van der Waals surface area contributed by atoms with Crippen molar-refractivity contribution in [3.05, 3.63) is 12.2 Å². The molecule has 0 aliphatic heterocycles. The fourth-order valence-electron chi connectivity index (χ4n) is 0.601. The van der Waals surface area contributed by atoms with E-state index in [1.54, 1.807) is 6.08 Å². The van der Waals surface area contributed by atoms with Crippen molar-refractivity contribution in [1.29, 1.82) is 0 Å². The van der Waals surface area contributed by atoms with E-state index in [0.29, 0.717) is 12.8 Å². The first-order valence-corrected chi connectivity index (χ1v) is 3.62. The molecule has 0 aliphatic rings. The lowest BCUT2D eigenvalue weighted by Crippen LogP contribution is -2.06. The van der Waals surface area contributed by atoms with Crippen molar-refractivity contribution in [2.75, 3.05) is 6.61 Å². The molecule has 0 rings (SSSR count). The fraction of sp³-hybridized carbons (Fsp3) is 0.625. The summed E-state index contributed by atoms with van der Waals surface area (Å²) < 4.78 is 0. The second-order valence-electron chi connectivity index (χ2n) is 2.42. The van der Waals surface area contributed by atoms with Gasteiger partial charge in [0, 0.05) is 6.42 Å². The van der Waals surface area contributed by atoms with Crippen molar-refractivity contribution < 1.29 is 15.0 Å². The van der Waals surface area contributed by atoms with E-state index in [1.165, 1.54) is 13.0 Å². The van der Waals surface area contributed by atoms with Gasteiger partial charge in [0.1, 0.15) is 5.78 Å². The molecule has 64 valence electrons. The van der Waals surface area contributed by atoms with Crippen LogP contribution in [0.2, 0.25) is 0 Å². The summed E-state index contributed by atoms with van der Waals surface area (Å²) in [6, 6.07) is 0. The second kappa shape index (κ2) is 6.07. The van der Waals surface area contributed by atoms with Crippen molar-refractivity contribution in [2.45, 2.75) is 25.9 Å². The van der Waals surface area contributed by atoms with Crippen molar-refractivity contribution in [1.82, 2.24) is 0 Å². The summed E-state index contributed by atoms with van der Waals surface area (Å²) in [5.41, 5.74) is 0. The third-order valence-corrected chi connectivity index (χ3v) is 1.21. The van der Waals surface area contributed by atoms with Gasteiger partial charge in [-0.05, 0) is 13.3 Å². The highest BCUT2D eigenvalue weighted by molar-refractivity contribution is 5.75. The summed E-state index contributed by atoms with van der Waals surface area (Å²) in [4.78, 5) is 10.4. The van der Waals surface area contributed by atoms with E-state index in [9.17, 15) is 4.79 Å². The minimum Gasteiger partial charge on any atom is -0.393 e. The van der Waals surface area contributed by atoms with Gasteiger partial charge in [0.2, 0.25) is 0 Å². The highest BCUT2D eigenvalue weighted by Gasteiger charge is 1.93. The standard InChI is InChI=1S/C8H14O3/c1-7(10)4-2-3-5-8(11)6-9/h3,5,8-9,11H,2,4,6H2,1H3/b5-3+. The van der Waals surface area contributed by atoms with Crippen molar-refractivity contribution in [3.63, 3.8) is 0 Å². The Morgan fingerprint density at radius 1 is 1.64 bits per heavy atom. The van der Waals surface area contributed by atoms with Gasteiger partial charge in [-0.2, -0.15) is 0 Å². The Kier molecular flexibility index (Phi) is 5.70. The zero-order chi connectivity index (χ0) is 8.69. The Labute approximate surface area is 66.4 Å². The monoisotopic (exact) mass is 158 g/mol. The summed E-state index contributed by atoms with van der Waals surface area (Å²) in [6.45, 7) is 1.26. The van der Waals surface area contributed by atoms with E-state index in [4.69, 9.17) is 10.2 Å². The number of aliphatic hydroxyl groups is 2. The van der Waals surface area contributed by atoms with Gasteiger partial charge in [-0.25, -0.2) is 0 Å². The van der Waals surface area contributed by atoms with Crippen LogP contribution in [-0.4, -0.2) is 28.7 Å². The largest absolute Gasteiger partial charge is 0.393 e. The zero-order valence-electron chi connectivity index (χ0n) is 6.66. The van der Waals surface area contributed by atoms with E-state index < -0.39 is 6.10 Å². The number of Topliss-reactive ketones (excluding diaryl/α,β-unsaturated/α-hetero) is 1. The van der Waals surface area contributed by atoms with Gasteiger partial charge < -0.3 is 15.0 Å². The van der Waals surface area contributed by atoms with Crippen LogP contribution in [0, 0.1) is 0 Å². The van der Waals surface area contributed by atoms with Gasteiger partial charge in [-0.1, -0.05) is 12.2 Å². The van der Waals surface area contributed by atoms with Gasteiger partial charge in [0.25, 0.3) is 0 Å². The van der Waals surface area contributed by atoms with Crippen LogP contribution in [0.4, 0.5) is 0 Å². The number of rotatable bonds is 5. The molecule has 0 saturated carbocycles. The van der Waals surface area contributed by atoms with Crippen LogP contribution in [0.1, 0.15) is 19.8 Å². The molecular formula is C8H14O3. The molecule has 0 amide bonds. The van der Waals surface area contributed by atoms with Crippen LogP contribution >= 0.6 is 0 Å². The van der Waals surface area contributed by atoms with Crippen LogP contribution in [0.3, 0.4) is 0 Å². The number of allylic oxidation sites excluding steroid dienone is 1. The van der Waals surface area contributed by atoms with Crippen LogP contribution in [0.15, 0.2) is 12.2 Å². The molecule has 0 aromatic rings. The maximum atomic E-state index is 10.4. The van der Waals surface area contributed by atoms with Crippen LogP contribution in [-0.2, 0) is 4.79 Å². The summed E-state index contributed by atoms with van der Waals surface area (Å²) in [5, 5.41) is 17.2. The molecule has 0 radical (unpaired) electrons. The third-order valence-electron chi connectivity index (χ3n) is 1.21. The molecule has 2 N–H and O–H groups in total. The van der Waals surface area contributed by atoms with Crippen molar-refractivity contribution >= 4 is 5.78 Å². The van der Waals surface area contributed by atoms with E-state index in [-0.39, 0.29) is 12.4 Å². The van der Waals surface area contributed by atoms with Crippen molar-refractivity contribution in [2.24, 2.45) is 0 Å². The molecule has 0 aromatic heterocycles. The van der Waals surface area contributed by atoms with Gasteiger partial charge in [-0.3, -0.25) is 0 Å². The van der Waals surface area contributed by atoms with Gasteiger partial charge in [0.05, 0.1) is 12.7 Å². The SMILES string of the molecule is CC(=O)CC/C=C/C(O)CO. The second-order valence-corrected chi connectivity index (χ2v) is 2.42. The average Bonchev–Trinajstić information content (AvgIpc) is 1.97. The van der Waals surface area contributed by atoms with Crippen LogP contribution < -0.4 is 0 Å². The molecule has 11 heavy (non-hydrogen) atoms. The summed E-state index contributed by atoms with van der Waals surface area (Å²) >= 11 is 0. The molecule has 0 aliphatic carbocycles. The summed E-state index contributed by atoms with van der Waals surface area (Å²) in [6.07, 6.45) is 3.52. The lowest BCUT2D eigenvalue weighted by Gasteiger charge is -1.97. The molecule has 3 nitrogen and oxygen atoms in total. The first-order valence-electron chi connectivity index (χ1n) is 3.62. The topological polar surface area (TPSA) is 57.5 Å². The Hall–Kier alpha value is -0.670. The number of carbonyl (C=O) groups excluding carboxylic acids is 1. The molecule has 1 unspecified atom stereocenters. The molecule has 0 heterocycles. The van der Waals surface area contributed by atoms with Gasteiger partial charge in [-0.15, -0.1) is 0 Å². The smallest absolute Gasteiger partial charge is 0.130 e. The Balaban J connectivity index is 3.36. The zero-order valence-corrected chi connectivity index (χ0v) is 6.66. The highest BCUT2D eigenvalue weighted by atomic mass is 16.3. The molecule has 0 spiro atoms. The van der Waals surface area contributed by atoms with Crippen LogP contribution in [0.25, 0.3) is 0 Å². The predicted octanol–water partition coefficient (Wildman–Crippen LogP) is 0.265. The number of ketones is 1. The van der Waals surface area contributed by atoms with E-state index >= 15 is 0 Å². The first kappa shape index (κ1) is 10.3. The number of carbonyl (C=O) groups is 1.